The molecule has 1 saturated carbocycles. The average Bonchev–Trinajstić information content (AvgIpc) is 3.01. The van der Waals surface area contributed by atoms with Crippen LogP contribution in [0.3, 0.4) is 0 Å². The Kier molecular flexibility index (Phi) is 5.85. The van der Waals surface area contributed by atoms with Crippen molar-refractivity contribution in [3.63, 3.8) is 0 Å². The minimum Gasteiger partial charge on any atom is -0.379 e. The van der Waals surface area contributed by atoms with E-state index in [1.54, 1.807) is 0 Å². The molecule has 0 N–H and O–H groups in total. The van der Waals surface area contributed by atoms with E-state index in [1.165, 1.54) is 76.6 Å². The van der Waals surface area contributed by atoms with Crippen molar-refractivity contribution in [3.8, 4) is 0 Å². The zero-order valence-electron chi connectivity index (χ0n) is 16.5. The van der Waals surface area contributed by atoms with Crippen LogP contribution in [0.5, 0.6) is 0 Å². The predicted octanol–water partition coefficient (Wildman–Crippen LogP) is 4.86. The molecule has 2 aliphatic heterocycles. The van der Waals surface area contributed by atoms with Crippen LogP contribution < -0.4 is 4.90 Å². The summed E-state index contributed by atoms with van der Waals surface area (Å²) in [5.41, 5.74) is 1.58. The van der Waals surface area contributed by atoms with Gasteiger partial charge in [0.2, 0.25) is 0 Å². The summed E-state index contributed by atoms with van der Waals surface area (Å²) in [5.74, 6) is 0. The Balaban J connectivity index is 1.47. The molecule has 3 fully saturated rings. The second kappa shape index (κ2) is 8.31. The molecule has 0 bridgehead atoms. The van der Waals surface area contributed by atoms with Gasteiger partial charge in [0.25, 0.3) is 0 Å². The lowest BCUT2D eigenvalue weighted by Crippen LogP contribution is -2.59. The maximum atomic E-state index is 6.01. The first-order chi connectivity index (χ1) is 12.8. The van der Waals surface area contributed by atoms with Gasteiger partial charge >= 0.3 is 0 Å². The molecule has 1 atom stereocenters. The number of methoxy groups -OCH3 is 1. The molecule has 2 saturated heterocycles. The highest BCUT2D eigenvalue weighted by Gasteiger charge is 2.51. The Bertz CT molecular complexity index is 545. The summed E-state index contributed by atoms with van der Waals surface area (Å²) in [6.45, 7) is 3.62. The number of anilines is 1. The van der Waals surface area contributed by atoms with Gasteiger partial charge in [0.15, 0.2) is 0 Å². The molecule has 3 nitrogen and oxygen atoms in total. The van der Waals surface area contributed by atoms with Crippen LogP contribution in [-0.2, 0) is 4.74 Å². The summed E-state index contributed by atoms with van der Waals surface area (Å²) in [6.07, 6.45) is 14.1. The normalized spacial score (nSPS) is 28.2. The van der Waals surface area contributed by atoms with Gasteiger partial charge in [-0.2, -0.15) is 0 Å². The maximum absolute atomic E-state index is 6.01. The standard InChI is InChI=1S/C23H36N2O/c1-26-22-14-17-25(21-12-8-5-9-13-21)23(22)15-18-24(19-16-23)20-10-6-3-2-4-7-11-20/h5,8-9,12-13,20,22H,2-4,6-7,10-11,14-19H2,1H3. The highest BCUT2D eigenvalue weighted by Crippen LogP contribution is 2.43. The van der Waals surface area contributed by atoms with Crippen LogP contribution in [-0.4, -0.2) is 49.3 Å². The molecular formula is C23H36N2O. The van der Waals surface area contributed by atoms with E-state index in [2.05, 4.69) is 40.1 Å². The topological polar surface area (TPSA) is 15.7 Å². The van der Waals surface area contributed by atoms with Crippen molar-refractivity contribution in [2.24, 2.45) is 0 Å². The molecule has 1 aliphatic carbocycles. The molecule has 4 rings (SSSR count). The van der Waals surface area contributed by atoms with E-state index in [4.69, 9.17) is 4.74 Å². The van der Waals surface area contributed by atoms with Crippen molar-refractivity contribution < 1.29 is 4.74 Å². The third-order valence-corrected chi connectivity index (χ3v) is 7.36. The van der Waals surface area contributed by atoms with Crippen molar-refractivity contribution in [1.82, 2.24) is 4.90 Å². The summed E-state index contributed by atoms with van der Waals surface area (Å²) in [5, 5.41) is 0. The predicted molar refractivity (Wildman–Crippen MR) is 109 cm³/mol. The fourth-order valence-corrected chi connectivity index (χ4v) is 5.91. The van der Waals surface area contributed by atoms with E-state index in [9.17, 15) is 0 Å². The van der Waals surface area contributed by atoms with E-state index in [1.807, 2.05) is 7.11 Å². The molecule has 2 heterocycles. The molecule has 0 aromatic heterocycles. The number of hydrogen-bond donors (Lipinski definition) is 0. The molecule has 0 radical (unpaired) electrons. The molecule has 3 aliphatic rings. The van der Waals surface area contributed by atoms with Crippen molar-refractivity contribution in [3.05, 3.63) is 30.3 Å². The summed E-state index contributed by atoms with van der Waals surface area (Å²) < 4.78 is 6.01. The van der Waals surface area contributed by atoms with Crippen LogP contribution in [0, 0.1) is 0 Å². The fraction of sp³-hybridized carbons (Fsp3) is 0.739. The van der Waals surface area contributed by atoms with Gasteiger partial charge < -0.3 is 14.5 Å². The van der Waals surface area contributed by atoms with Gasteiger partial charge in [-0.1, -0.05) is 50.3 Å². The fourth-order valence-electron chi connectivity index (χ4n) is 5.91. The Morgan fingerprint density at radius 2 is 1.50 bits per heavy atom. The number of nitrogens with zero attached hydrogens (tertiary/aromatic N) is 2. The third kappa shape index (κ3) is 3.53. The zero-order chi connectivity index (χ0) is 17.8. The van der Waals surface area contributed by atoms with Crippen LogP contribution in [0.15, 0.2) is 30.3 Å². The van der Waals surface area contributed by atoms with E-state index in [-0.39, 0.29) is 5.54 Å². The van der Waals surface area contributed by atoms with Crippen molar-refractivity contribution in [2.45, 2.75) is 81.9 Å². The summed E-state index contributed by atoms with van der Waals surface area (Å²) in [4.78, 5) is 5.50. The van der Waals surface area contributed by atoms with Gasteiger partial charge in [-0.15, -0.1) is 0 Å². The highest BCUT2D eigenvalue weighted by molar-refractivity contribution is 5.51. The third-order valence-electron chi connectivity index (χ3n) is 7.36. The molecule has 3 heteroatoms. The van der Waals surface area contributed by atoms with Crippen LogP contribution in [0.2, 0.25) is 0 Å². The Morgan fingerprint density at radius 3 is 2.15 bits per heavy atom. The van der Waals surface area contributed by atoms with Crippen molar-refractivity contribution >= 4 is 5.69 Å². The number of para-hydroxylation sites is 1. The first-order valence-electron chi connectivity index (χ1n) is 10.9. The minimum atomic E-state index is 0.203. The van der Waals surface area contributed by atoms with Gasteiger partial charge in [0, 0.05) is 38.5 Å². The molecule has 1 spiro atoms. The van der Waals surface area contributed by atoms with Gasteiger partial charge in [-0.05, 0) is 44.2 Å². The second-order valence-corrected chi connectivity index (χ2v) is 8.64. The van der Waals surface area contributed by atoms with Gasteiger partial charge in [0.1, 0.15) is 0 Å². The van der Waals surface area contributed by atoms with E-state index in [0.717, 1.165) is 19.0 Å². The first-order valence-corrected chi connectivity index (χ1v) is 10.9. The van der Waals surface area contributed by atoms with E-state index >= 15 is 0 Å². The molecule has 1 aromatic carbocycles. The minimum absolute atomic E-state index is 0.203. The van der Waals surface area contributed by atoms with Crippen LogP contribution in [0.1, 0.15) is 64.2 Å². The molecule has 26 heavy (non-hydrogen) atoms. The summed E-state index contributed by atoms with van der Waals surface area (Å²) >= 11 is 0. The molecule has 0 amide bonds. The monoisotopic (exact) mass is 356 g/mol. The van der Waals surface area contributed by atoms with Crippen LogP contribution in [0.25, 0.3) is 0 Å². The number of likely N-dealkylation sites (tertiary alicyclic amines) is 1. The number of piperidine rings is 1. The quantitative estimate of drug-likeness (QED) is 0.769. The summed E-state index contributed by atoms with van der Waals surface area (Å²) in [6, 6.07) is 11.9. The van der Waals surface area contributed by atoms with Gasteiger partial charge in [-0.25, -0.2) is 0 Å². The lowest BCUT2D eigenvalue weighted by atomic mass is 9.81. The molecular weight excluding hydrogens is 320 g/mol. The van der Waals surface area contributed by atoms with Gasteiger partial charge in [-0.3, -0.25) is 0 Å². The van der Waals surface area contributed by atoms with Crippen molar-refractivity contribution in [2.75, 3.05) is 31.6 Å². The van der Waals surface area contributed by atoms with Gasteiger partial charge in [0.05, 0.1) is 11.6 Å². The number of hydrogen-bond acceptors (Lipinski definition) is 3. The van der Waals surface area contributed by atoms with Crippen molar-refractivity contribution in [1.29, 1.82) is 0 Å². The number of rotatable bonds is 3. The largest absolute Gasteiger partial charge is 0.379 e. The molecule has 1 aromatic rings. The molecule has 144 valence electrons. The average molecular weight is 357 g/mol. The SMILES string of the molecule is COC1CCN(c2ccccc2)C12CCN(C1CCCCCCC1)CC2. The molecule has 1 unspecified atom stereocenters. The van der Waals surface area contributed by atoms with E-state index < -0.39 is 0 Å². The smallest absolute Gasteiger partial charge is 0.0820 e. The number of benzene rings is 1. The Labute approximate surface area is 159 Å². The number of ether oxygens (including phenoxy) is 1. The Morgan fingerprint density at radius 1 is 0.846 bits per heavy atom. The second-order valence-electron chi connectivity index (χ2n) is 8.64. The maximum Gasteiger partial charge on any atom is 0.0820 e. The summed E-state index contributed by atoms with van der Waals surface area (Å²) in [7, 11) is 1.92. The highest BCUT2D eigenvalue weighted by atomic mass is 16.5. The van der Waals surface area contributed by atoms with E-state index in [0.29, 0.717) is 6.10 Å². The van der Waals surface area contributed by atoms with Crippen LogP contribution >= 0.6 is 0 Å². The lowest BCUT2D eigenvalue weighted by Gasteiger charge is -2.50. The lowest BCUT2D eigenvalue weighted by molar-refractivity contribution is 0.00947. The van der Waals surface area contributed by atoms with Crippen LogP contribution in [0.4, 0.5) is 5.69 Å². The first kappa shape index (κ1) is 18.3. The Hall–Kier alpha value is -1.06. The zero-order valence-corrected chi connectivity index (χ0v) is 16.5.